The summed E-state index contributed by atoms with van der Waals surface area (Å²) in [6, 6.07) is 14.4. The first-order valence-corrected chi connectivity index (χ1v) is 9.64. The highest BCUT2D eigenvalue weighted by Gasteiger charge is 2.29. The number of nitrogens with one attached hydrogen (secondary N) is 1. The van der Waals surface area contributed by atoms with Gasteiger partial charge in [0.05, 0.1) is 25.9 Å². The molecule has 3 aromatic rings. The van der Waals surface area contributed by atoms with Crippen molar-refractivity contribution in [2.24, 2.45) is 0 Å². The minimum absolute atomic E-state index is 0. The molecule has 0 amide bonds. The molecule has 1 N–H and O–H groups in total. The molecule has 1 fully saturated rings. The molecule has 1 aromatic carbocycles. The molecule has 5 rings (SSSR count). The molecule has 4 heterocycles. The molecule has 0 radical (unpaired) electrons. The van der Waals surface area contributed by atoms with Crippen LogP contribution in [0.25, 0.3) is 0 Å². The van der Waals surface area contributed by atoms with Crippen molar-refractivity contribution in [3.05, 3.63) is 54.9 Å². The second-order valence-electron chi connectivity index (χ2n) is 7.02. The van der Waals surface area contributed by atoms with Gasteiger partial charge in [-0.25, -0.2) is 9.97 Å². The number of hydrogen-bond acceptors (Lipinski definition) is 8. The third-order valence-electron chi connectivity index (χ3n) is 5.14. The minimum atomic E-state index is 0. The average molecular weight is 392 g/mol. The SMILES string of the molecule is COc1cc(N2CC(Nc3ncc4c(n3)N(c3ccccc3)CCO4)C2)ccn1.[HH]. The maximum absolute atomic E-state index is 5.75. The Morgan fingerprint density at radius 1 is 1.14 bits per heavy atom. The molecular formula is C21H24N6O2. The van der Waals surface area contributed by atoms with Crippen LogP contribution in [0.4, 0.5) is 23.1 Å². The van der Waals surface area contributed by atoms with Crippen molar-refractivity contribution >= 4 is 23.1 Å². The van der Waals surface area contributed by atoms with Crippen LogP contribution in [0.5, 0.6) is 11.6 Å². The molecule has 0 saturated carbocycles. The molecule has 0 bridgehead atoms. The molecule has 0 aliphatic carbocycles. The van der Waals surface area contributed by atoms with E-state index < -0.39 is 0 Å². The fourth-order valence-electron chi connectivity index (χ4n) is 3.61. The zero-order chi connectivity index (χ0) is 19.6. The highest BCUT2D eigenvalue weighted by atomic mass is 16.5. The van der Waals surface area contributed by atoms with Crippen LogP contribution in [0.1, 0.15) is 1.43 Å². The van der Waals surface area contributed by atoms with Gasteiger partial charge in [-0.15, -0.1) is 0 Å². The molecule has 0 atom stereocenters. The van der Waals surface area contributed by atoms with Crippen molar-refractivity contribution in [2.45, 2.75) is 6.04 Å². The van der Waals surface area contributed by atoms with Gasteiger partial charge in [-0.05, 0) is 18.2 Å². The van der Waals surface area contributed by atoms with Crippen molar-refractivity contribution < 1.29 is 10.9 Å². The largest absolute Gasteiger partial charge is 0.486 e. The maximum atomic E-state index is 5.75. The van der Waals surface area contributed by atoms with Crippen LogP contribution in [0.3, 0.4) is 0 Å². The summed E-state index contributed by atoms with van der Waals surface area (Å²) in [5.41, 5.74) is 2.20. The van der Waals surface area contributed by atoms with Gasteiger partial charge in [0, 0.05) is 38.2 Å². The zero-order valence-corrected chi connectivity index (χ0v) is 16.2. The molecule has 0 unspecified atom stereocenters. The summed E-state index contributed by atoms with van der Waals surface area (Å²) >= 11 is 0. The first kappa shape index (κ1) is 17.5. The summed E-state index contributed by atoms with van der Waals surface area (Å²) in [7, 11) is 1.63. The van der Waals surface area contributed by atoms with Crippen molar-refractivity contribution in [3.63, 3.8) is 0 Å². The number of nitrogens with zero attached hydrogens (tertiary/aromatic N) is 5. The predicted octanol–water partition coefficient (Wildman–Crippen LogP) is 2.96. The first-order chi connectivity index (χ1) is 14.3. The van der Waals surface area contributed by atoms with Gasteiger partial charge in [0.2, 0.25) is 11.8 Å². The molecule has 1 saturated heterocycles. The van der Waals surface area contributed by atoms with E-state index in [9.17, 15) is 0 Å². The average Bonchev–Trinajstić information content (AvgIpc) is 2.76. The van der Waals surface area contributed by atoms with Crippen LogP contribution in [0.15, 0.2) is 54.9 Å². The van der Waals surface area contributed by atoms with Gasteiger partial charge in [-0.2, -0.15) is 4.98 Å². The summed E-state index contributed by atoms with van der Waals surface area (Å²) in [4.78, 5) is 17.8. The monoisotopic (exact) mass is 392 g/mol. The normalized spacial score (nSPS) is 15.9. The van der Waals surface area contributed by atoms with Crippen molar-refractivity contribution in [1.82, 2.24) is 15.0 Å². The van der Waals surface area contributed by atoms with Gasteiger partial charge in [-0.3, -0.25) is 0 Å². The molecule has 2 aliphatic rings. The summed E-state index contributed by atoms with van der Waals surface area (Å²) in [6.07, 6.45) is 3.52. The number of anilines is 4. The topological polar surface area (TPSA) is 75.6 Å². The van der Waals surface area contributed by atoms with E-state index in [-0.39, 0.29) is 7.47 Å². The Labute approximate surface area is 170 Å². The fourth-order valence-corrected chi connectivity index (χ4v) is 3.61. The Balaban J connectivity index is 0.00000218. The number of rotatable bonds is 5. The van der Waals surface area contributed by atoms with Crippen LogP contribution in [0.2, 0.25) is 0 Å². The van der Waals surface area contributed by atoms with E-state index in [1.54, 1.807) is 19.5 Å². The number of benzene rings is 1. The lowest BCUT2D eigenvalue weighted by atomic mass is 10.1. The van der Waals surface area contributed by atoms with E-state index in [0.717, 1.165) is 36.8 Å². The van der Waals surface area contributed by atoms with Gasteiger partial charge < -0.3 is 24.6 Å². The van der Waals surface area contributed by atoms with Crippen LogP contribution >= 0.6 is 0 Å². The van der Waals surface area contributed by atoms with E-state index in [1.165, 1.54) is 0 Å². The zero-order valence-electron chi connectivity index (χ0n) is 16.2. The second kappa shape index (κ2) is 7.46. The lowest BCUT2D eigenvalue weighted by Crippen LogP contribution is -2.55. The summed E-state index contributed by atoms with van der Waals surface area (Å²) < 4.78 is 11.0. The molecule has 8 nitrogen and oxygen atoms in total. The molecule has 2 aliphatic heterocycles. The Kier molecular flexibility index (Phi) is 4.51. The Hall–Kier alpha value is -3.55. The van der Waals surface area contributed by atoms with E-state index in [0.29, 0.717) is 24.2 Å². The van der Waals surface area contributed by atoms with Gasteiger partial charge in [0.15, 0.2) is 11.6 Å². The Morgan fingerprint density at radius 2 is 2.00 bits per heavy atom. The van der Waals surface area contributed by atoms with Gasteiger partial charge in [0.25, 0.3) is 0 Å². The van der Waals surface area contributed by atoms with Crippen LogP contribution in [-0.2, 0) is 0 Å². The molecular weight excluding hydrogens is 368 g/mol. The standard InChI is InChI=1S/C21H22N6O2.H2/c1-28-19-11-17(7-8-22-19)26-13-15(14-26)24-21-23-12-18-20(25-21)27(9-10-29-18)16-5-3-2-4-6-16;/h2-8,11-12,15H,9-10,13-14H2,1H3,(H,23,24,25);1H. The molecule has 29 heavy (non-hydrogen) atoms. The van der Waals surface area contributed by atoms with Gasteiger partial charge in [0.1, 0.15) is 6.61 Å². The molecule has 150 valence electrons. The highest BCUT2D eigenvalue weighted by molar-refractivity contribution is 5.67. The van der Waals surface area contributed by atoms with Gasteiger partial charge >= 0.3 is 0 Å². The predicted molar refractivity (Wildman–Crippen MR) is 114 cm³/mol. The number of ether oxygens (including phenoxy) is 2. The van der Waals surface area contributed by atoms with E-state index >= 15 is 0 Å². The van der Waals surface area contributed by atoms with Crippen LogP contribution in [-0.4, -0.2) is 54.3 Å². The number of methoxy groups -OCH3 is 1. The number of fused-ring (bicyclic) bond motifs is 1. The lowest BCUT2D eigenvalue weighted by Gasteiger charge is -2.41. The number of para-hydroxylation sites is 1. The number of pyridine rings is 1. The van der Waals surface area contributed by atoms with Crippen LogP contribution < -0.4 is 24.6 Å². The number of hydrogen-bond donors (Lipinski definition) is 1. The molecule has 2 aromatic heterocycles. The smallest absolute Gasteiger partial charge is 0.225 e. The minimum Gasteiger partial charge on any atom is -0.486 e. The second-order valence-corrected chi connectivity index (χ2v) is 7.02. The third kappa shape index (κ3) is 3.49. The van der Waals surface area contributed by atoms with Crippen molar-refractivity contribution in [3.8, 4) is 11.6 Å². The van der Waals surface area contributed by atoms with Crippen LogP contribution in [0, 0.1) is 0 Å². The first-order valence-electron chi connectivity index (χ1n) is 9.64. The molecule has 0 spiro atoms. The highest BCUT2D eigenvalue weighted by Crippen LogP contribution is 2.35. The third-order valence-corrected chi connectivity index (χ3v) is 5.14. The summed E-state index contributed by atoms with van der Waals surface area (Å²) in [5, 5.41) is 3.44. The molecule has 8 heteroatoms. The van der Waals surface area contributed by atoms with Crippen molar-refractivity contribution in [2.75, 3.05) is 48.5 Å². The van der Waals surface area contributed by atoms with Gasteiger partial charge in [-0.1, -0.05) is 18.2 Å². The Morgan fingerprint density at radius 3 is 2.83 bits per heavy atom. The summed E-state index contributed by atoms with van der Waals surface area (Å²) in [6.45, 7) is 3.11. The van der Waals surface area contributed by atoms with Crippen molar-refractivity contribution in [1.29, 1.82) is 0 Å². The maximum Gasteiger partial charge on any atom is 0.225 e. The quantitative estimate of drug-likeness (QED) is 0.710. The fraction of sp³-hybridized carbons (Fsp3) is 0.286. The van der Waals surface area contributed by atoms with E-state index in [1.807, 2.05) is 30.3 Å². The lowest BCUT2D eigenvalue weighted by molar-refractivity contribution is 0.310. The number of aromatic nitrogens is 3. The Bertz CT molecular complexity index is 1000. The summed E-state index contributed by atoms with van der Waals surface area (Å²) in [5.74, 6) is 2.75. The van der Waals surface area contributed by atoms with E-state index in [4.69, 9.17) is 14.5 Å². The van der Waals surface area contributed by atoms with E-state index in [2.05, 4.69) is 37.2 Å².